The topological polar surface area (TPSA) is 75.2 Å². The molecule has 1 aliphatic carbocycles. The van der Waals surface area contributed by atoms with Crippen LogP contribution in [-0.4, -0.2) is 45.7 Å². The second kappa shape index (κ2) is 6.90. The van der Waals surface area contributed by atoms with Crippen molar-refractivity contribution in [3.63, 3.8) is 0 Å². The van der Waals surface area contributed by atoms with Gasteiger partial charge >= 0.3 is 6.18 Å². The first-order chi connectivity index (χ1) is 14.4. The molecule has 1 aromatic heterocycles. The van der Waals surface area contributed by atoms with Crippen molar-refractivity contribution in [1.82, 2.24) is 14.9 Å². The number of rotatable bonds is 3. The Morgan fingerprint density at radius 1 is 1.23 bits per heavy atom. The normalized spacial score (nSPS) is 21.8. The van der Waals surface area contributed by atoms with Crippen LogP contribution >= 0.6 is 15.9 Å². The van der Waals surface area contributed by atoms with Crippen LogP contribution in [0.4, 0.5) is 32.3 Å². The molecule has 1 spiro atoms. The largest absolute Gasteiger partial charge is 0.419 e. The molecule has 0 bridgehead atoms. The summed E-state index contributed by atoms with van der Waals surface area (Å²) in [5, 5.41) is 2.11. The molecule has 2 aromatic rings. The Labute approximate surface area is 178 Å². The van der Waals surface area contributed by atoms with E-state index < -0.39 is 66.2 Å². The van der Waals surface area contributed by atoms with Crippen molar-refractivity contribution in [1.29, 1.82) is 0 Å². The number of carbonyl (C=O) groups excluding carboxylic acids is 2. The molecular formula is C18H11BrF6N4O2. The van der Waals surface area contributed by atoms with Gasteiger partial charge in [-0.25, -0.2) is 23.1 Å². The third-order valence-electron chi connectivity index (χ3n) is 5.22. The van der Waals surface area contributed by atoms with Crippen LogP contribution in [0.5, 0.6) is 0 Å². The quantitative estimate of drug-likeness (QED) is 0.640. The number of alkyl halides is 5. The van der Waals surface area contributed by atoms with E-state index in [0.29, 0.717) is 12.4 Å². The van der Waals surface area contributed by atoms with Gasteiger partial charge in [0.25, 0.3) is 11.8 Å². The highest BCUT2D eigenvalue weighted by Crippen LogP contribution is 2.64. The molecule has 13 heteroatoms. The fraction of sp³-hybridized carbons (Fsp3) is 0.333. The van der Waals surface area contributed by atoms with E-state index in [1.807, 2.05) is 0 Å². The van der Waals surface area contributed by atoms with Gasteiger partial charge in [-0.3, -0.25) is 14.9 Å². The third kappa shape index (κ3) is 3.54. The van der Waals surface area contributed by atoms with Crippen LogP contribution in [0, 0.1) is 5.82 Å². The molecule has 0 unspecified atom stereocenters. The molecule has 1 aromatic carbocycles. The summed E-state index contributed by atoms with van der Waals surface area (Å²) in [7, 11) is 0. The highest BCUT2D eigenvalue weighted by atomic mass is 79.9. The van der Waals surface area contributed by atoms with Gasteiger partial charge in [0.2, 0.25) is 11.9 Å². The summed E-state index contributed by atoms with van der Waals surface area (Å²) in [5.41, 5.74) is -3.74. The Morgan fingerprint density at radius 2 is 1.84 bits per heavy atom. The van der Waals surface area contributed by atoms with Gasteiger partial charge in [-0.05, 0) is 28.1 Å². The molecule has 164 valence electrons. The number of amides is 2. The standard InChI is InChI=1S/C18H11BrF6N4O2/c19-10-2-1-9-12(13(10)20)16(6-17(16,21)22)7-29(14(9)31)5-11(30)28-15-26-3-8(4-27-15)18(23,24)25/h1-4H,5-7H2,(H,26,27,28,30)/t16-/m0/s1. The van der Waals surface area contributed by atoms with Crippen molar-refractivity contribution in [3.05, 3.63) is 51.5 Å². The number of anilines is 1. The third-order valence-corrected chi connectivity index (χ3v) is 5.83. The molecule has 1 saturated carbocycles. The van der Waals surface area contributed by atoms with Crippen LogP contribution in [0.15, 0.2) is 29.0 Å². The zero-order chi connectivity index (χ0) is 22.8. The first-order valence-corrected chi connectivity index (χ1v) is 9.50. The Hall–Kier alpha value is -2.70. The van der Waals surface area contributed by atoms with Gasteiger partial charge in [0.1, 0.15) is 12.4 Å². The molecular weight excluding hydrogens is 498 g/mol. The molecule has 31 heavy (non-hydrogen) atoms. The van der Waals surface area contributed by atoms with E-state index in [2.05, 4.69) is 31.2 Å². The number of nitrogens with zero attached hydrogens (tertiary/aromatic N) is 3. The van der Waals surface area contributed by atoms with E-state index >= 15 is 0 Å². The summed E-state index contributed by atoms with van der Waals surface area (Å²) >= 11 is 2.93. The zero-order valence-electron chi connectivity index (χ0n) is 15.2. The molecule has 0 radical (unpaired) electrons. The number of fused-ring (bicyclic) bond motifs is 2. The molecule has 2 heterocycles. The summed E-state index contributed by atoms with van der Waals surface area (Å²) in [6.45, 7) is -1.29. The number of aromatic nitrogens is 2. The molecule has 0 saturated heterocycles. The van der Waals surface area contributed by atoms with E-state index in [9.17, 15) is 35.9 Å². The Kier molecular flexibility index (Phi) is 4.79. The Balaban J connectivity index is 1.55. The molecule has 1 atom stereocenters. The van der Waals surface area contributed by atoms with Gasteiger partial charge in [-0.2, -0.15) is 13.2 Å². The molecule has 6 nitrogen and oxygen atoms in total. The van der Waals surface area contributed by atoms with Gasteiger partial charge in [-0.1, -0.05) is 0 Å². The zero-order valence-corrected chi connectivity index (χ0v) is 16.8. The van der Waals surface area contributed by atoms with Crippen LogP contribution in [0.1, 0.15) is 27.9 Å². The predicted molar refractivity (Wildman–Crippen MR) is 96.9 cm³/mol. The molecule has 1 fully saturated rings. The number of nitrogens with one attached hydrogen (secondary N) is 1. The summed E-state index contributed by atoms with van der Waals surface area (Å²) in [5.74, 6) is -6.41. The van der Waals surface area contributed by atoms with E-state index in [4.69, 9.17) is 0 Å². The van der Waals surface area contributed by atoms with E-state index in [0.717, 1.165) is 4.90 Å². The van der Waals surface area contributed by atoms with Crippen molar-refractivity contribution in [2.75, 3.05) is 18.4 Å². The SMILES string of the molecule is O=C(CN1C[C@@]2(CC2(F)F)c2c(ccc(Br)c2F)C1=O)Nc1ncc(C(F)(F)F)cn1. The van der Waals surface area contributed by atoms with Gasteiger partial charge in [0, 0.05) is 36.5 Å². The monoisotopic (exact) mass is 508 g/mol. The minimum atomic E-state index is -4.66. The van der Waals surface area contributed by atoms with E-state index in [-0.39, 0.29) is 15.6 Å². The second-order valence-electron chi connectivity index (χ2n) is 7.25. The van der Waals surface area contributed by atoms with Gasteiger partial charge < -0.3 is 4.90 Å². The summed E-state index contributed by atoms with van der Waals surface area (Å²) in [4.78, 5) is 32.6. The van der Waals surface area contributed by atoms with Gasteiger partial charge in [0.05, 0.1) is 15.5 Å². The average Bonchev–Trinajstić information content (AvgIpc) is 3.21. The van der Waals surface area contributed by atoms with Crippen LogP contribution in [-0.2, 0) is 16.4 Å². The van der Waals surface area contributed by atoms with Gasteiger partial charge in [-0.15, -0.1) is 0 Å². The lowest BCUT2D eigenvalue weighted by Gasteiger charge is -2.34. The van der Waals surface area contributed by atoms with E-state index in [1.54, 1.807) is 0 Å². The number of hydrogen-bond donors (Lipinski definition) is 1. The lowest BCUT2D eigenvalue weighted by molar-refractivity contribution is -0.138. The average molecular weight is 509 g/mol. The second-order valence-corrected chi connectivity index (χ2v) is 8.10. The highest BCUT2D eigenvalue weighted by molar-refractivity contribution is 9.10. The number of hydrogen-bond acceptors (Lipinski definition) is 4. The molecule has 2 aliphatic rings. The fourth-order valence-corrected chi connectivity index (χ4v) is 3.96. The molecule has 1 aliphatic heterocycles. The van der Waals surface area contributed by atoms with Crippen molar-refractivity contribution >= 4 is 33.7 Å². The number of halogens is 7. The smallest absolute Gasteiger partial charge is 0.328 e. The molecule has 1 N–H and O–H groups in total. The van der Waals surface area contributed by atoms with Crippen molar-refractivity contribution in [2.45, 2.75) is 23.9 Å². The molecule has 2 amide bonds. The van der Waals surface area contributed by atoms with Crippen LogP contribution in [0.3, 0.4) is 0 Å². The highest BCUT2D eigenvalue weighted by Gasteiger charge is 2.75. The number of benzene rings is 1. The van der Waals surface area contributed by atoms with E-state index in [1.165, 1.54) is 12.1 Å². The minimum Gasteiger partial charge on any atom is -0.328 e. The summed E-state index contributed by atoms with van der Waals surface area (Å²) < 4.78 is 80.7. The lowest BCUT2D eigenvalue weighted by atomic mass is 9.85. The Bertz CT molecular complexity index is 1090. The maximum absolute atomic E-state index is 14.6. The maximum Gasteiger partial charge on any atom is 0.419 e. The fourth-order valence-electron chi connectivity index (χ4n) is 3.63. The lowest BCUT2D eigenvalue weighted by Crippen LogP contribution is -2.49. The minimum absolute atomic E-state index is 0.0632. The maximum atomic E-state index is 14.6. The van der Waals surface area contributed by atoms with Gasteiger partial charge in [0.15, 0.2) is 0 Å². The Morgan fingerprint density at radius 3 is 2.39 bits per heavy atom. The molecule has 4 rings (SSSR count). The predicted octanol–water partition coefficient (Wildman–Crippen LogP) is 3.77. The first kappa shape index (κ1) is 21.5. The van der Waals surface area contributed by atoms with Crippen LogP contribution in [0.2, 0.25) is 0 Å². The van der Waals surface area contributed by atoms with Crippen LogP contribution < -0.4 is 5.32 Å². The van der Waals surface area contributed by atoms with Crippen LogP contribution in [0.25, 0.3) is 0 Å². The van der Waals surface area contributed by atoms with Crippen molar-refractivity contribution in [2.24, 2.45) is 0 Å². The van der Waals surface area contributed by atoms with Crippen molar-refractivity contribution in [3.8, 4) is 0 Å². The first-order valence-electron chi connectivity index (χ1n) is 8.70. The summed E-state index contributed by atoms with van der Waals surface area (Å²) in [6.07, 6.45) is -4.42. The number of carbonyl (C=O) groups is 2. The summed E-state index contributed by atoms with van der Waals surface area (Å²) in [6, 6.07) is 2.41. The van der Waals surface area contributed by atoms with Crippen molar-refractivity contribution < 1.29 is 35.9 Å².